The van der Waals surface area contributed by atoms with Gasteiger partial charge in [-0.3, -0.25) is 9.59 Å². The van der Waals surface area contributed by atoms with Crippen LogP contribution in [0.25, 0.3) is 21.9 Å². The Balaban J connectivity index is 2.12. The first-order valence-corrected chi connectivity index (χ1v) is 7.48. The van der Waals surface area contributed by atoms with Crippen molar-refractivity contribution >= 4 is 39.5 Å². The van der Waals surface area contributed by atoms with Crippen molar-refractivity contribution in [2.24, 2.45) is 0 Å². The van der Waals surface area contributed by atoms with Crippen molar-refractivity contribution in [2.75, 3.05) is 5.32 Å². The van der Waals surface area contributed by atoms with E-state index in [1.807, 2.05) is 12.1 Å². The Kier molecular flexibility index (Phi) is 3.78. The SMILES string of the molecule is CCC(=O)Nc1ccc2oc3ccc(C(C)C(=O)O)cc3c2c1. The lowest BCUT2D eigenvalue weighted by Gasteiger charge is -2.06. The van der Waals surface area contributed by atoms with Gasteiger partial charge in [-0.2, -0.15) is 0 Å². The number of rotatable bonds is 4. The monoisotopic (exact) mass is 311 g/mol. The first-order valence-electron chi connectivity index (χ1n) is 7.48. The number of fused-ring (bicyclic) bond motifs is 3. The van der Waals surface area contributed by atoms with Gasteiger partial charge < -0.3 is 14.8 Å². The highest BCUT2D eigenvalue weighted by Gasteiger charge is 2.16. The lowest BCUT2D eigenvalue weighted by atomic mass is 9.99. The van der Waals surface area contributed by atoms with Crippen LogP contribution in [0.5, 0.6) is 0 Å². The summed E-state index contributed by atoms with van der Waals surface area (Å²) in [6, 6.07) is 10.8. The number of carboxylic acid groups (broad SMARTS) is 1. The smallest absolute Gasteiger partial charge is 0.310 e. The van der Waals surface area contributed by atoms with Crippen molar-refractivity contribution < 1.29 is 19.1 Å². The summed E-state index contributed by atoms with van der Waals surface area (Å²) in [4.78, 5) is 22.7. The summed E-state index contributed by atoms with van der Waals surface area (Å²) >= 11 is 0. The fraction of sp³-hybridized carbons (Fsp3) is 0.222. The largest absolute Gasteiger partial charge is 0.481 e. The van der Waals surface area contributed by atoms with E-state index < -0.39 is 11.9 Å². The molecule has 0 spiro atoms. The predicted octanol–water partition coefficient (Wildman–Crippen LogP) is 4.12. The van der Waals surface area contributed by atoms with Crippen LogP contribution < -0.4 is 5.32 Å². The molecule has 0 bridgehead atoms. The van der Waals surface area contributed by atoms with Gasteiger partial charge >= 0.3 is 5.97 Å². The summed E-state index contributed by atoms with van der Waals surface area (Å²) in [5, 5.41) is 13.7. The number of benzene rings is 2. The van der Waals surface area contributed by atoms with E-state index in [1.165, 1.54) is 0 Å². The number of nitrogens with one attached hydrogen (secondary N) is 1. The predicted molar refractivity (Wildman–Crippen MR) is 88.7 cm³/mol. The number of carboxylic acids is 1. The molecule has 0 radical (unpaired) electrons. The first kappa shape index (κ1) is 15.1. The van der Waals surface area contributed by atoms with E-state index in [0.29, 0.717) is 23.3 Å². The van der Waals surface area contributed by atoms with Crippen LogP contribution in [0.1, 0.15) is 31.7 Å². The minimum atomic E-state index is -0.868. The number of furan rings is 1. The van der Waals surface area contributed by atoms with E-state index in [0.717, 1.165) is 16.3 Å². The van der Waals surface area contributed by atoms with Crippen molar-refractivity contribution in [3.63, 3.8) is 0 Å². The second-order valence-corrected chi connectivity index (χ2v) is 5.53. The molecule has 5 nitrogen and oxygen atoms in total. The number of amides is 1. The zero-order valence-electron chi connectivity index (χ0n) is 12.9. The van der Waals surface area contributed by atoms with Crippen LogP contribution in [0.15, 0.2) is 40.8 Å². The second-order valence-electron chi connectivity index (χ2n) is 5.53. The van der Waals surface area contributed by atoms with E-state index in [2.05, 4.69) is 5.32 Å². The van der Waals surface area contributed by atoms with Gasteiger partial charge in [-0.1, -0.05) is 13.0 Å². The normalized spacial score (nSPS) is 12.4. The van der Waals surface area contributed by atoms with Crippen molar-refractivity contribution in [1.29, 1.82) is 0 Å². The van der Waals surface area contributed by atoms with E-state index in [4.69, 9.17) is 4.42 Å². The molecule has 1 heterocycles. The molecule has 1 atom stereocenters. The van der Waals surface area contributed by atoms with Crippen LogP contribution in [0.3, 0.4) is 0 Å². The van der Waals surface area contributed by atoms with Gasteiger partial charge in [-0.15, -0.1) is 0 Å². The molecule has 0 fully saturated rings. The Morgan fingerprint density at radius 1 is 1.13 bits per heavy atom. The van der Waals surface area contributed by atoms with Crippen molar-refractivity contribution in [2.45, 2.75) is 26.2 Å². The zero-order chi connectivity index (χ0) is 16.6. The molecule has 5 heteroatoms. The standard InChI is InChI=1S/C18H17NO4/c1-3-17(20)19-12-5-7-16-14(9-12)13-8-11(10(2)18(21)22)4-6-15(13)23-16/h4-10H,3H2,1-2H3,(H,19,20)(H,21,22). The number of anilines is 1. The van der Waals surface area contributed by atoms with Crippen LogP contribution >= 0.6 is 0 Å². The van der Waals surface area contributed by atoms with E-state index in [9.17, 15) is 14.7 Å². The Morgan fingerprint density at radius 2 is 1.78 bits per heavy atom. The molecule has 0 aliphatic carbocycles. The third-order valence-electron chi connectivity index (χ3n) is 3.97. The summed E-state index contributed by atoms with van der Waals surface area (Å²) in [6.07, 6.45) is 0.407. The highest BCUT2D eigenvalue weighted by Crippen LogP contribution is 2.33. The molecule has 1 unspecified atom stereocenters. The van der Waals surface area contributed by atoms with Gasteiger partial charge in [0, 0.05) is 22.9 Å². The molecule has 1 amide bonds. The van der Waals surface area contributed by atoms with Crippen molar-refractivity contribution in [3.05, 3.63) is 42.0 Å². The van der Waals surface area contributed by atoms with Crippen LogP contribution in [0.2, 0.25) is 0 Å². The first-order chi connectivity index (χ1) is 11.0. The molecule has 23 heavy (non-hydrogen) atoms. The third kappa shape index (κ3) is 2.77. The van der Waals surface area contributed by atoms with Gasteiger partial charge in [0.15, 0.2) is 0 Å². The van der Waals surface area contributed by atoms with Crippen LogP contribution in [0, 0.1) is 0 Å². The molecule has 118 valence electrons. The Bertz CT molecular complexity index is 910. The van der Waals surface area contributed by atoms with Gasteiger partial charge in [0.25, 0.3) is 0 Å². The maximum Gasteiger partial charge on any atom is 0.310 e. The van der Waals surface area contributed by atoms with Gasteiger partial charge in [-0.25, -0.2) is 0 Å². The van der Waals surface area contributed by atoms with Gasteiger partial charge in [0.1, 0.15) is 11.2 Å². The highest BCUT2D eigenvalue weighted by atomic mass is 16.4. The molecule has 3 aromatic rings. The van der Waals surface area contributed by atoms with Crippen LogP contribution in [0.4, 0.5) is 5.69 Å². The highest BCUT2D eigenvalue weighted by molar-refractivity contribution is 6.07. The number of aliphatic carboxylic acids is 1. The molecule has 0 saturated heterocycles. The van der Waals surface area contributed by atoms with E-state index in [1.54, 1.807) is 38.1 Å². The molecule has 2 N–H and O–H groups in total. The molecule has 0 aliphatic heterocycles. The minimum Gasteiger partial charge on any atom is -0.481 e. The molecule has 0 aliphatic rings. The average molecular weight is 311 g/mol. The molecule has 1 aromatic heterocycles. The number of carbonyl (C=O) groups excluding carboxylic acids is 1. The lowest BCUT2D eigenvalue weighted by molar-refractivity contribution is -0.138. The van der Waals surface area contributed by atoms with Crippen LogP contribution in [-0.4, -0.2) is 17.0 Å². The number of hydrogen-bond donors (Lipinski definition) is 2. The quantitative estimate of drug-likeness (QED) is 0.759. The average Bonchev–Trinajstić information content (AvgIpc) is 2.91. The maximum absolute atomic E-state index is 11.5. The second kappa shape index (κ2) is 5.76. The van der Waals surface area contributed by atoms with E-state index in [-0.39, 0.29) is 5.91 Å². The summed E-state index contributed by atoms with van der Waals surface area (Å²) in [5.41, 5.74) is 2.81. The maximum atomic E-state index is 11.5. The number of hydrogen-bond acceptors (Lipinski definition) is 3. The fourth-order valence-corrected chi connectivity index (χ4v) is 2.53. The van der Waals surface area contributed by atoms with Crippen LogP contribution in [-0.2, 0) is 9.59 Å². The molecule has 3 rings (SSSR count). The van der Waals surface area contributed by atoms with Gasteiger partial charge in [-0.05, 0) is 42.8 Å². The number of carbonyl (C=O) groups is 2. The summed E-state index contributed by atoms with van der Waals surface area (Å²) in [5.74, 6) is -1.52. The zero-order valence-corrected chi connectivity index (χ0v) is 12.9. The molecular weight excluding hydrogens is 294 g/mol. The summed E-state index contributed by atoms with van der Waals surface area (Å²) in [7, 11) is 0. The minimum absolute atomic E-state index is 0.0580. The van der Waals surface area contributed by atoms with Gasteiger partial charge in [0.05, 0.1) is 5.92 Å². The fourth-order valence-electron chi connectivity index (χ4n) is 2.53. The molecule has 0 saturated carbocycles. The third-order valence-corrected chi connectivity index (χ3v) is 3.97. The Hall–Kier alpha value is -2.82. The Labute approximate surface area is 132 Å². The summed E-state index contributed by atoms with van der Waals surface area (Å²) in [6.45, 7) is 3.44. The molecule has 2 aromatic carbocycles. The van der Waals surface area contributed by atoms with E-state index >= 15 is 0 Å². The lowest BCUT2D eigenvalue weighted by Crippen LogP contribution is -2.09. The van der Waals surface area contributed by atoms with Crippen molar-refractivity contribution in [1.82, 2.24) is 0 Å². The topological polar surface area (TPSA) is 79.5 Å². The molecular formula is C18H17NO4. The van der Waals surface area contributed by atoms with Gasteiger partial charge in [0.2, 0.25) is 5.91 Å². The summed E-state index contributed by atoms with van der Waals surface area (Å²) < 4.78 is 5.77. The van der Waals surface area contributed by atoms with Crippen molar-refractivity contribution in [3.8, 4) is 0 Å². The Morgan fingerprint density at radius 3 is 2.43 bits per heavy atom.